The van der Waals surface area contributed by atoms with E-state index in [0.717, 1.165) is 6.42 Å². The van der Waals surface area contributed by atoms with Gasteiger partial charge in [0, 0.05) is 6.04 Å². The van der Waals surface area contributed by atoms with Crippen molar-refractivity contribution >= 4 is 0 Å². The average molecular weight is 203 g/mol. The fourth-order valence-corrected chi connectivity index (χ4v) is 1.43. The lowest BCUT2D eigenvalue weighted by Gasteiger charge is -2.22. The van der Waals surface area contributed by atoms with Crippen LogP contribution in [0.2, 0.25) is 0 Å². The maximum atomic E-state index is 8.40. The molecule has 0 radical (unpaired) electrons. The molecule has 0 aliphatic carbocycles. The Balaban J connectivity index is 2.47. The fourth-order valence-electron chi connectivity index (χ4n) is 1.43. The summed E-state index contributed by atoms with van der Waals surface area (Å²) < 4.78 is 0. The predicted octanol–water partition coefficient (Wildman–Crippen LogP) is 1.88. The van der Waals surface area contributed by atoms with Crippen LogP contribution in [-0.4, -0.2) is 29.6 Å². The zero-order valence-corrected chi connectivity index (χ0v) is 9.27. The van der Waals surface area contributed by atoms with E-state index in [0.29, 0.717) is 12.6 Å². The van der Waals surface area contributed by atoms with Gasteiger partial charge in [-0.15, -0.1) is 0 Å². The maximum absolute atomic E-state index is 8.40. The molecule has 2 nitrogen and oxygen atoms in total. The Hall–Kier alpha value is -1.46. The largest absolute Gasteiger partial charge is 0.462 e. The quantitative estimate of drug-likeness (QED) is 0.755. The van der Waals surface area contributed by atoms with Crippen LogP contribution in [0.4, 0.5) is 0 Å². The Morgan fingerprint density at radius 1 is 1.33 bits per heavy atom. The highest BCUT2D eigenvalue weighted by atomic mass is 16.2. The summed E-state index contributed by atoms with van der Waals surface area (Å²) in [5, 5.41) is 8.40. The Bertz CT molecular complexity index is 337. The first-order valence-corrected chi connectivity index (χ1v) is 5.10. The summed E-state index contributed by atoms with van der Waals surface area (Å²) in [6.07, 6.45) is 2.93. The van der Waals surface area contributed by atoms with E-state index in [1.54, 1.807) is 0 Å². The van der Waals surface area contributed by atoms with Crippen LogP contribution in [0.25, 0.3) is 0 Å². The molecule has 2 heteroatoms. The number of rotatable bonds is 4. The highest BCUT2D eigenvalue weighted by molar-refractivity contribution is 5.15. The lowest BCUT2D eigenvalue weighted by Crippen LogP contribution is -2.31. The number of aliphatic hydroxyl groups excluding tert-OH is 1. The average Bonchev–Trinajstić information content (AvgIpc) is 2.27. The summed E-state index contributed by atoms with van der Waals surface area (Å²) in [4.78, 5) is 2.12. The van der Waals surface area contributed by atoms with Crippen LogP contribution < -0.4 is 0 Å². The second kappa shape index (κ2) is 6.10. The van der Waals surface area contributed by atoms with Crippen LogP contribution in [-0.2, 0) is 6.42 Å². The topological polar surface area (TPSA) is 23.5 Å². The molecule has 1 aromatic rings. The molecule has 0 bridgehead atoms. The molecular weight excluding hydrogens is 186 g/mol. The van der Waals surface area contributed by atoms with Crippen molar-refractivity contribution in [3.05, 3.63) is 35.9 Å². The molecule has 1 N–H and O–H groups in total. The Labute approximate surface area is 91.5 Å². The molecule has 1 unspecified atom stereocenters. The molecule has 1 rings (SSSR count). The molecule has 0 aliphatic rings. The van der Waals surface area contributed by atoms with Crippen LogP contribution in [0.1, 0.15) is 12.5 Å². The summed E-state index contributed by atoms with van der Waals surface area (Å²) >= 11 is 0. The predicted molar refractivity (Wildman–Crippen MR) is 61.9 cm³/mol. The normalized spacial score (nSPS) is 11.9. The molecule has 0 saturated carbocycles. The summed E-state index contributed by atoms with van der Waals surface area (Å²) in [6.45, 7) is 2.76. The summed E-state index contributed by atoms with van der Waals surface area (Å²) in [7, 11) is 2.01. The first-order chi connectivity index (χ1) is 7.24. The molecule has 80 valence electrons. The lowest BCUT2D eigenvalue weighted by molar-refractivity contribution is 0.286. The highest BCUT2D eigenvalue weighted by Crippen LogP contribution is 2.06. The molecular formula is C13H17NO. The smallest absolute Gasteiger partial charge is 0.108 e. The van der Waals surface area contributed by atoms with Crippen LogP contribution in [0.3, 0.4) is 0 Å². The fraction of sp³-hybridized carbons (Fsp3) is 0.385. The van der Waals surface area contributed by atoms with Crippen molar-refractivity contribution in [2.45, 2.75) is 19.4 Å². The van der Waals surface area contributed by atoms with Crippen molar-refractivity contribution in [2.75, 3.05) is 13.6 Å². The Morgan fingerprint density at radius 2 is 2.00 bits per heavy atom. The third-order valence-electron chi connectivity index (χ3n) is 2.53. The van der Waals surface area contributed by atoms with E-state index in [-0.39, 0.29) is 0 Å². The van der Waals surface area contributed by atoms with Crippen molar-refractivity contribution in [3.63, 3.8) is 0 Å². The standard InChI is InChI=1S/C13H17NO/c1-12(14(2)9-6-10-15)11-13-7-4-3-5-8-13/h3-5,7-8,12,15H,9,11H2,1-2H3. The van der Waals surface area contributed by atoms with Crippen molar-refractivity contribution in [2.24, 2.45) is 0 Å². The minimum Gasteiger partial charge on any atom is -0.462 e. The van der Waals surface area contributed by atoms with Crippen LogP contribution in [0.15, 0.2) is 30.3 Å². The van der Waals surface area contributed by atoms with E-state index >= 15 is 0 Å². The number of aliphatic hydroxyl groups is 1. The van der Waals surface area contributed by atoms with Gasteiger partial charge in [0.1, 0.15) is 6.11 Å². The second-order valence-electron chi connectivity index (χ2n) is 3.74. The van der Waals surface area contributed by atoms with Gasteiger partial charge in [0.25, 0.3) is 0 Å². The number of hydrogen-bond donors (Lipinski definition) is 1. The third kappa shape index (κ3) is 4.05. The first kappa shape index (κ1) is 11.6. The van der Waals surface area contributed by atoms with Gasteiger partial charge in [0.15, 0.2) is 0 Å². The molecule has 0 aromatic heterocycles. The van der Waals surface area contributed by atoms with Gasteiger partial charge in [-0.3, -0.25) is 4.90 Å². The van der Waals surface area contributed by atoms with Gasteiger partial charge in [0.2, 0.25) is 0 Å². The summed E-state index contributed by atoms with van der Waals surface area (Å²) in [5.74, 6) is 2.65. The summed E-state index contributed by atoms with van der Waals surface area (Å²) in [6, 6.07) is 10.8. The van der Waals surface area contributed by atoms with Gasteiger partial charge in [-0.1, -0.05) is 30.3 Å². The zero-order chi connectivity index (χ0) is 11.1. The van der Waals surface area contributed by atoms with E-state index < -0.39 is 0 Å². The molecule has 1 aromatic carbocycles. The van der Waals surface area contributed by atoms with E-state index in [4.69, 9.17) is 5.11 Å². The van der Waals surface area contributed by atoms with E-state index in [1.807, 2.05) is 19.2 Å². The van der Waals surface area contributed by atoms with E-state index in [1.165, 1.54) is 5.56 Å². The second-order valence-corrected chi connectivity index (χ2v) is 3.74. The Morgan fingerprint density at radius 3 is 2.60 bits per heavy atom. The lowest BCUT2D eigenvalue weighted by atomic mass is 10.1. The third-order valence-corrected chi connectivity index (χ3v) is 2.53. The van der Waals surface area contributed by atoms with Gasteiger partial charge in [-0.05, 0) is 31.9 Å². The van der Waals surface area contributed by atoms with Crippen molar-refractivity contribution < 1.29 is 5.11 Å². The zero-order valence-electron chi connectivity index (χ0n) is 9.27. The molecule has 0 saturated heterocycles. The molecule has 1 atom stereocenters. The van der Waals surface area contributed by atoms with Crippen LogP contribution in [0.5, 0.6) is 0 Å². The van der Waals surface area contributed by atoms with Gasteiger partial charge >= 0.3 is 0 Å². The van der Waals surface area contributed by atoms with E-state index in [9.17, 15) is 0 Å². The number of benzene rings is 1. The van der Waals surface area contributed by atoms with Gasteiger partial charge < -0.3 is 5.11 Å². The number of hydrogen-bond acceptors (Lipinski definition) is 2. The van der Waals surface area contributed by atoms with Gasteiger partial charge in [-0.2, -0.15) is 0 Å². The molecule has 0 aliphatic heterocycles. The molecule has 0 spiro atoms. The van der Waals surface area contributed by atoms with Crippen molar-refractivity contribution in [1.82, 2.24) is 4.90 Å². The molecule has 0 fully saturated rings. The minimum atomic E-state index is 0.424. The Kier molecular flexibility index (Phi) is 4.73. The van der Waals surface area contributed by atoms with Crippen molar-refractivity contribution in [3.8, 4) is 12.0 Å². The van der Waals surface area contributed by atoms with Crippen molar-refractivity contribution in [1.29, 1.82) is 0 Å². The van der Waals surface area contributed by atoms with Crippen LogP contribution >= 0.6 is 0 Å². The van der Waals surface area contributed by atoms with E-state index in [2.05, 4.69) is 42.0 Å². The van der Waals surface area contributed by atoms with Crippen LogP contribution in [0, 0.1) is 12.0 Å². The first-order valence-electron chi connectivity index (χ1n) is 5.10. The maximum Gasteiger partial charge on any atom is 0.108 e. The minimum absolute atomic E-state index is 0.424. The molecule has 0 amide bonds. The molecule has 15 heavy (non-hydrogen) atoms. The summed E-state index contributed by atoms with van der Waals surface area (Å²) in [5.41, 5.74) is 1.33. The van der Waals surface area contributed by atoms with Gasteiger partial charge in [-0.25, -0.2) is 0 Å². The monoisotopic (exact) mass is 203 g/mol. The van der Waals surface area contributed by atoms with Gasteiger partial charge in [0.05, 0.1) is 6.54 Å². The highest BCUT2D eigenvalue weighted by Gasteiger charge is 2.08. The number of nitrogens with zero attached hydrogens (tertiary/aromatic N) is 1. The molecule has 0 heterocycles. The number of likely N-dealkylation sites (N-methyl/N-ethyl adjacent to an activating group) is 1. The SMILES string of the molecule is CC(Cc1ccccc1)N(C)CC#CO.